The van der Waals surface area contributed by atoms with E-state index in [-0.39, 0.29) is 22.1 Å². The SMILES string of the molecule is CCn1cc(S(=O)(=O)Nc2ccc3c(c2)C(=O)NC(C)C(=O)N3)c(C)n1. The first kappa shape index (κ1) is 17.9. The highest BCUT2D eigenvalue weighted by molar-refractivity contribution is 7.92. The molecule has 3 rings (SSSR count). The number of sulfonamides is 1. The van der Waals surface area contributed by atoms with Gasteiger partial charge in [0.15, 0.2) is 0 Å². The molecule has 3 N–H and O–H groups in total. The van der Waals surface area contributed by atoms with Crippen LogP contribution < -0.4 is 15.4 Å². The van der Waals surface area contributed by atoms with Crippen LogP contribution in [0.1, 0.15) is 29.9 Å². The summed E-state index contributed by atoms with van der Waals surface area (Å²) >= 11 is 0. The van der Waals surface area contributed by atoms with Crippen LogP contribution in [0, 0.1) is 6.92 Å². The molecule has 2 aromatic rings. The number of nitrogens with one attached hydrogen (secondary N) is 3. The van der Waals surface area contributed by atoms with Gasteiger partial charge in [0, 0.05) is 18.4 Å². The lowest BCUT2D eigenvalue weighted by Gasteiger charge is -2.10. The number of nitrogens with zero attached hydrogens (tertiary/aromatic N) is 2. The maximum absolute atomic E-state index is 12.6. The summed E-state index contributed by atoms with van der Waals surface area (Å²) in [5, 5.41) is 9.31. The third-order valence-corrected chi connectivity index (χ3v) is 5.51. The minimum atomic E-state index is -3.86. The van der Waals surface area contributed by atoms with Crippen molar-refractivity contribution in [3.63, 3.8) is 0 Å². The fourth-order valence-electron chi connectivity index (χ4n) is 2.62. The summed E-state index contributed by atoms with van der Waals surface area (Å²) in [6.07, 6.45) is 1.45. The molecule has 10 heteroatoms. The quantitative estimate of drug-likeness (QED) is 0.736. The van der Waals surface area contributed by atoms with E-state index < -0.39 is 22.0 Å². The van der Waals surface area contributed by atoms with Crippen LogP contribution in [-0.2, 0) is 21.4 Å². The van der Waals surface area contributed by atoms with E-state index in [1.165, 1.54) is 29.1 Å². The molecule has 26 heavy (non-hydrogen) atoms. The fraction of sp³-hybridized carbons (Fsp3) is 0.312. The smallest absolute Gasteiger partial charge is 0.265 e. The minimum Gasteiger partial charge on any atom is -0.340 e. The lowest BCUT2D eigenvalue weighted by atomic mass is 10.1. The average molecular weight is 377 g/mol. The van der Waals surface area contributed by atoms with Crippen molar-refractivity contribution in [2.45, 2.75) is 38.3 Å². The summed E-state index contributed by atoms with van der Waals surface area (Å²) in [6.45, 7) is 5.59. The second-order valence-corrected chi connectivity index (χ2v) is 7.64. The van der Waals surface area contributed by atoms with Gasteiger partial charge in [-0.1, -0.05) is 0 Å². The molecule has 1 unspecified atom stereocenters. The summed E-state index contributed by atoms with van der Waals surface area (Å²) in [6, 6.07) is 3.68. The first-order chi connectivity index (χ1) is 12.2. The Morgan fingerprint density at radius 2 is 2.04 bits per heavy atom. The predicted molar refractivity (Wildman–Crippen MR) is 95.4 cm³/mol. The first-order valence-corrected chi connectivity index (χ1v) is 9.52. The molecule has 0 saturated heterocycles. The maximum atomic E-state index is 12.6. The van der Waals surface area contributed by atoms with E-state index in [1.54, 1.807) is 13.8 Å². The molecule has 2 amide bonds. The Morgan fingerprint density at radius 1 is 1.31 bits per heavy atom. The van der Waals surface area contributed by atoms with Crippen molar-refractivity contribution in [2.75, 3.05) is 10.0 Å². The highest BCUT2D eigenvalue weighted by Gasteiger charge is 2.26. The third-order valence-electron chi connectivity index (χ3n) is 4.03. The minimum absolute atomic E-state index is 0.0701. The zero-order chi connectivity index (χ0) is 19.1. The number of benzene rings is 1. The number of aromatic nitrogens is 2. The van der Waals surface area contributed by atoms with Crippen molar-refractivity contribution >= 4 is 33.2 Å². The van der Waals surface area contributed by atoms with Crippen LogP contribution in [0.4, 0.5) is 11.4 Å². The van der Waals surface area contributed by atoms with Crippen molar-refractivity contribution in [3.8, 4) is 0 Å². The molecule has 0 fully saturated rings. The van der Waals surface area contributed by atoms with Crippen LogP contribution in [0.25, 0.3) is 0 Å². The lowest BCUT2D eigenvalue weighted by molar-refractivity contribution is -0.117. The topological polar surface area (TPSA) is 122 Å². The van der Waals surface area contributed by atoms with Crippen molar-refractivity contribution < 1.29 is 18.0 Å². The van der Waals surface area contributed by atoms with Gasteiger partial charge in [-0.3, -0.25) is 19.0 Å². The zero-order valence-electron chi connectivity index (χ0n) is 14.5. The Bertz CT molecular complexity index is 996. The van der Waals surface area contributed by atoms with Gasteiger partial charge in [0.05, 0.1) is 16.9 Å². The number of aryl methyl sites for hydroxylation is 2. The van der Waals surface area contributed by atoms with Crippen LogP contribution >= 0.6 is 0 Å². The molecule has 138 valence electrons. The molecule has 0 aliphatic carbocycles. The number of rotatable bonds is 4. The highest BCUT2D eigenvalue weighted by atomic mass is 32.2. The lowest BCUT2D eigenvalue weighted by Crippen LogP contribution is -2.38. The van der Waals surface area contributed by atoms with Gasteiger partial charge in [0.2, 0.25) is 5.91 Å². The zero-order valence-corrected chi connectivity index (χ0v) is 15.3. The fourth-order valence-corrected chi connectivity index (χ4v) is 3.86. The Labute approximate surface area is 150 Å². The average Bonchev–Trinajstić information content (AvgIpc) is 2.93. The van der Waals surface area contributed by atoms with E-state index >= 15 is 0 Å². The summed E-state index contributed by atoms with van der Waals surface area (Å²) in [4.78, 5) is 24.2. The van der Waals surface area contributed by atoms with Gasteiger partial charge in [-0.2, -0.15) is 5.10 Å². The van der Waals surface area contributed by atoms with E-state index in [9.17, 15) is 18.0 Å². The number of carbonyl (C=O) groups is 2. The van der Waals surface area contributed by atoms with Crippen molar-refractivity contribution in [1.29, 1.82) is 0 Å². The molecule has 1 aromatic heterocycles. The Balaban J connectivity index is 1.94. The Kier molecular flexibility index (Phi) is 4.45. The van der Waals surface area contributed by atoms with Crippen LogP contribution in [0.5, 0.6) is 0 Å². The monoisotopic (exact) mass is 377 g/mol. The second kappa shape index (κ2) is 6.45. The Morgan fingerprint density at radius 3 is 2.69 bits per heavy atom. The van der Waals surface area contributed by atoms with Gasteiger partial charge in [-0.25, -0.2) is 8.42 Å². The van der Waals surface area contributed by atoms with E-state index in [1.807, 2.05) is 6.92 Å². The van der Waals surface area contributed by atoms with Gasteiger partial charge < -0.3 is 10.6 Å². The number of amides is 2. The van der Waals surface area contributed by atoms with Crippen LogP contribution in [-0.4, -0.2) is 36.1 Å². The first-order valence-electron chi connectivity index (χ1n) is 8.04. The summed E-state index contributed by atoms with van der Waals surface area (Å²) in [7, 11) is -3.86. The third kappa shape index (κ3) is 3.27. The van der Waals surface area contributed by atoms with E-state index in [0.717, 1.165) is 0 Å². The molecule has 0 bridgehead atoms. The maximum Gasteiger partial charge on any atom is 0.265 e. The molecule has 1 aliphatic heterocycles. The standard InChI is InChI=1S/C16H19N5O4S/c1-4-21-8-14(9(2)19-21)26(24,25)20-11-5-6-13-12(7-11)16(23)17-10(3)15(22)18-13/h5-8,10,20H,4H2,1-3H3,(H,17,23)(H,18,22). The molecule has 0 radical (unpaired) electrons. The predicted octanol–water partition coefficient (Wildman–Crippen LogP) is 1.08. The van der Waals surface area contributed by atoms with E-state index in [2.05, 4.69) is 20.5 Å². The molecular weight excluding hydrogens is 358 g/mol. The largest absolute Gasteiger partial charge is 0.340 e. The number of carbonyl (C=O) groups excluding carboxylic acids is 2. The van der Waals surface area contributed by atoms with Gasteiger partial charge in [-0.05, 0) is 39.0 Å². The molecule has 9 nitrogen and oxygen atoms in total. The second-order valence-electron chi connectivity index (χ2n) is 5.98. The summed E-state index contributed by atoms with van der Waals surface area (Å²) in [5.74, 6) is -0.796. The van der Waals surface area contributed by atoms with Crippen molar-refractivity contribution in [2.24, 2.45) is 0 Å². The molecule has 0 spiro atoms. The number of hydrogen-bond donors (Lipinski definition) is 3. The molecule has 2 heterocycles. The number of fused-ring (bicyclic) bond motifs is 1. The van der Waals surface area contributed by atoms with E-state index in [0.29, 0.717) is 17.9 Å². The van der Waals surface area contributed by atoms with Crippen molar-refractivity contribution in [3.05, 3.63) is 35.7 Å². The van der Waals surface area contributed by atoms with Gasteiger partial charge in [0.1, 0.15) is 10.9 Å². The van der Waals surface area contributed by atoms with Crippen LogP contribution in [0.3, 0.4) is 0 Å². The van der Waals surface area contributed by atoms with Gasteiger partial charge in [-0.15, -0.1) is 0 Å². The van der Waals surface area contributed by atoms with Crippen LogP contribution in [0.2, 0.25) is 0 Å². The van der Waals surface area contributed by atoms with Gasteiger partial charge >= 0.3 is 0 Å². The summed E-state index contributed by atoms with van der Waals surface area (Å²) in [5.41, 5.74) is 1.11. The molecule has 1 atom stereocenters. The number of hydrogen-bond acceptors (Lipinski definition) is 5. The molecular formula is C16H19N5O4S. The summed E-state index contributed by atoms with van der Waals surface area (Å²) < 4.78 is 29.3. The highest BCUT2D eigenvalue weighted by Crippen LogP contribution is 2.25. The van der Waals surface area contributed by atoms with Crippen LogP contribution in [0.15, 0.2) is 29.3 Å². The Hall–Kier alpha value is -2.88. The number of anilines is 2. The van der Waals surface area contributed by atoms with Gasteiger partial charge in [0.25, 0.3) is 15.9 Å². The molecule has 0 saturated carbocycles. The molecule has 1 aliphatic rings. The normalized spacial score (nSPS) is 17.1. The van der Waals surface area contributed by atoms with E-state index in [4.69, 9.17) is 0 Å². The molecule has 1 aromatic carbocycles. The van der Waals surface area contributed by atoms with Crippen molar-refractivity contribution in [1.82, 2.24) is 15.1 Å².